The fourth-order valence-electron chi connectivity index (χ4n) is 3.71. The number of halogens is 1. The van der Waals surface area contributed by atoms with E-state index in [1.165, 1.54) is 44.4 Å². The van der Waals surface area contributed by atoms with E-state index >= 15 is 0 Å². The summed E-state index contributed by atoms with van der Waals surface area (Å²) in [6.07, 6.45) is 3.68. The average molecular weight is 482 g/mol. The molecule has 0 aliphatic heterocycles. The summed E-state index contributed by atoms with van der Waals surface area (Å²) in [6.45, 7) is 0.985. The van der Waals surface area contributed by atoms with Crippen molar-refractivity contribution in [3.05, 3.63) is 57.1 Å². The summed E-state index contributed by atoms with van der Waals surface area (Å²) in [5.74, 6) is -0.294. The molecule has 3 rings (SSSR count). The van der Waals surface area contributed by atoms with E-state index in [0.29, 0.717) is 5.56 Å². The molecule has 0 aromatic heterocycles. The number of nitrogens with one attached hydrogen (secondary N) is 1. The minimum atomic E-state index is -4.38. The first kappa shape index (κ1) is 23.8. The van der Waals surface area contributed by atoms with Gasteiger partial charge in [-0.3, -0.25) is 19.2 Å². The Balaban J connectivity index is 2.07. The third kappa shape index (κ3) is 5.13. The Morgan fingerprint density at radius 2 is 1.94 bits per heavy atom. The first-order valence-electron chi connectivity index (χ1n) is 10.0. The predicted octanol–water partition coefficient (Wildman–Crippen LogP) is 3.82. The Kier molecular flexibility index (Phi) is 7.25. The zero-order valence-electron chi connectivity index (χ0n) is 17.7. The van der Waals surface area contributed by atoms with Gasteiger partial charge in [0.25, 0.3) is 15.7 Å². The number of nitro benzene ring substituents is 1. The van der Waals surface area contributed by atoms with Gasteiger partial charge in [-0.2, -0.15) is 0 Å². The van der Waals surface area contributed by atoms with E-state index in [-0.39, 0.29) is 33.1 Å². The highest BCUT2D eigenvalue weighted by Crippen LogP contribution is 2.35. The summed E-state index contributed by atoms with van der Waals surface area (Å²) in [6, 6.07) is 8.02. The average Bonchev–Trinajstić information content (AvgIpc) is 3.24. The molecule has 1 amide bonds. The van der Waals surface area contributed by atoms with Gasteiger partial charge >= 0.3 is 0 Å². The highest BCUT2D eigenvalue weighted by atomic mass is 35.5. The molecule has 1 fully saturated rings. The van der Waals surface area contributed by atoms with E-state index < -0.39 is 27.4 Å². The number of ether oxygens (including phenoxy) is 1. The Hall–Kier alpha value is -2.85. The van der Waals surface area contributed by atoms with Crippen LogP contribution < -0.4 is 14.4 Å². The molecule has 0 heterocycles. The van der Waals surface area contributed by atoms with Crippen LogP contribution in [0.1, 0.15) is 31.2 Å². The fraction of sp³-hybridized carbons (Fsp3) is 0.381. The summed E-state index contributed by atoms with van der Waals surface area (Å²) in [7, 11) is -3.01. The Bertz CT molecular complexity index is 1130. The number of hydrogen-bond donors (Lipinski definition) is 1. The van der Waals surface area contributed by atoms with Gasteiger partial charge < -0.3 is 10.1 Å². The Labute approximate surface area is 191 Å². The van der Waals surface area contributed by atoms with Crippen LogP contribution in [0.5, 0.6) is 5.75 Å². The van der Waals surface area contributed by atoms with Gasteiger partial charge in [0.05, 0.1) is 22.6 Å². The summed E-state index contributed by atoms with van der Waals surface area (Å²) < 4.78 is 33.4. The molecule has 0 saturated heterocycles. The smallest absolute Gasteiger partial charge is 0.273 e. The lowest BCUT2D eigenvalue weighted by molar-refractivity contribution is -0.385. The maximum absolute atomic E-state index is 13.6. The maximum Gasteiger partial charge on any atom is 0.273 e. The van der Waals surface area contributed by atoms with E-state index in [0.717, 1.165) is 36.1 Å². The van der Waals surface area contributed by atoms with Crippen molar-refractivity contribution in [3.63, 3.8) is 0 Å². The third-order valence-corrected chi connectivity index (χ3v) is 7.37. The number of anilines is 1. The summed E-state index contributed by atoms with van der Waals surface area (Å²) in [5, 5.41) is 14.5. The SMILES string of the molecule is COc1ccc(Cl)cc1N(CC(=O)NC1CCCC1)S(=O)(=O)c1ccc(C)c([N+](=O)[O-])c1. The van der Waals surface area contributed by atoms with Gasteiger partial charge in [-0.15, -0.1) is 0 Å². The van der Waals surface area contributed by atoms with Crippen LogP contribution in [0.25, 0.3) is 0 Å². The quantitative estimate of drug-likeness (QED) is 0.452. The van der Waals surface area contributed by atoms with Crippen LogP contribution in [0.2, 0.25) is 5.02 Å². The first-order valence-corrected chi connectivity index (χ1v) is 11.9. The van der Waals surface area contributed by atoms with Gasteiger partial charge in [0, 0.05) is 22.7 Å². The van der Waals surface area contributed by atoms with E-state index in [1.807, 2.05) is 0 Å². The van der Waals surface area contributed by atoms with Crippen molar-refractivity contribution in [2.45, 2.75) is 43.5 Å². The van der Waals surface area contributed by atoms with Crippen LogP contribution in [-0.2, 0) is 14.8 Å². The van der Waals surface area contributed by atoms with E-state index in [2.05, 4.69) is 5.32 Å². The highest BCUT2D eigenvalue weighted by molar-refractivity contribution is 7.92. The summed E-state index contributed by atoms with van der Waals surface area (Å²) >= 11 is 6.11. The molecular formula is C21H24ClN3O6S. The van der Waals surface area contributed by atoms with Crippen molar-refractivity contribution >= 4 is 38.9 Å². The van der Waals surface area contributed by atoms with Crippen molar-refractivity contribution in [1.82, 2.24) is 5.32 Å². The maximum atomic E-state index is 13.6. The third-order valence-electron chi connectivity index (χ3n) is 5.38. The zero-order valence-corrected chi connectivity index (χ0v) is 19.3. The molecular weight excluding hydrogens is 458 g/mol. The molecule has 0 bridgehead atoms. The molecule has 0 radical (unpaired) electrons. The van der Waals surface area contributed by atoms with E-state index in [1.54, 1.807) is 0 Å². The van der Waals surface area contributed by atoms with Crippen LogP contribution in [0, 0.1) is 17.0 Å². The molecule has 0 unspecified atom stereocenters. The number of carbonyl (C=O) groups is 1. The lowest BCUT2D eigenvalue weighted by Crippen LogP contribution is -2.43. The molecule has 1 N–H and O–H groups in total. The van der Waals surface area contributed by atoms with Gasteiger partial charge in [-0.1, -0.05) is 30.5 Å². The second-order valence-electron chi connectivity index (χ2n) is 7.58. The monoisotopic (exact) mass is 481 g/mol. The lowest BCUT2D eigenvalue weighted by atomic mass is 10.2. The van der Waals surface area contributed by atoms with E-state index in [9.17, 15) is 23.3 Å². The van der Waals surface area contributed by atoms with Crippen molar-refractivity contribution in [2.75, 3.05) is 18.0 Å². The summed E-state index contributed by atoms with van der Waals surface area (Å²) in [5.41, 5.74) is 0.0455. The van der Waals surface area contributed by atoms with Crippen LogP contribution in [0.4, 0.5) is 11.4 Å². The first-order chi connectivity index (χ1) is 15.1. The number of aryl methyl sites for hydroxylation is 1. The molecule has 0 spiro atoms. The highest BCUT2D eigenvalue weighted by Gasteiger charge is 2.32. The zero-order chi connectivity index (χ0) is 23.5. The van der Waals surface area contributed by atoms with Crippen molar-refractivity contribution in [2.24, 2.45) is 0 Å². The minimum Gasteiger partial charge on any atom is -0.495 e. The van der Waals surface area contributed by atoms with Gasteiger partial charge in [0.1, 0.15) is 12.3 Å². The number of sulfonamides is 1. The molecule has 0 atom stereocenters. The topological polar surface area (TPSA) is 119 Å². The molecule has 1 aliphatic carbocycles. The number of methoxy groups -OCH3 is 1. The normalized spacial score (nSPS) is 14.2. The van der Waals surface area contributed by atoms with Gasteiger partial charge in [0.2, 0.25) is 5.91 Å². The molecule has 1 saturated carbocycles. The second kappa shape index (κ2) is 9.74. The second-order valence-corrected chi connectivity index (χ2v) is 9.88. The molecule has 1 aliphatic rings. The fourth-order valence-corrected chi connectivity index (χ4v) is 5.32. The van der Waals surface area contributed by atoms with Crippen molar-refractivity contribution < 1.29 is 22.9 Å². The van der Waals surface area contributed by atoms with E-state index in [4.69, 9.17) is 16.3 Å². The lowest BCUT2D eigenvalue weighted by Gasteiger charge is -2.26. The Morgan fingerprint density at radius 3 is 2.56 bits per heavy atom. The minimum absolute atomic E-state index is 0.00577. The van der Waals surface area contributed by atoms with Crippen molar-refractivity contribution in [3.8, 4) is 5.75 Å². The molecule has 2 aromatic rings. The number of rotatable bonds is 8. The molecule has 32 heavy (non-hydrogen) atoms. The molecule has 9 nitrogen and oxygen atoms in total. The van der Waals surface area contributed by atoms with Crippen LogP contribution in [0.3, 0.4) is 0 Å². The Morgan fingerprint density at radius 1 is 1.25 bits per heavy atom. The van der Waals surface area contributed by atoms with Crippen LogP contribution in [-0.4, -0.2) is 38.9 Å². The largest absolute Gasteiger partial charge is 0.495 e. The van der Waals surface area contributed by atoms with Crippen LogP contribution >= 0.6 is 11.6 Å². The van der Waals surface area contributed by atoms with Gasteiger partial charge in [-0.25, -0.2) is 8.42 Å². The number of amides is 1. The predicted molar refractivity (Wildman–Crippen MR) is 121 cm³/mol. The number of carbonyl (C=O) groups excluding carboxylic acids is 1. The van der Waals surface area contributed by atoms with Crippen LogP contribution in [0.15, 0.2) is 41.3 Å². The standard InChI is InChI=1S/C21H24ClN3O6S/c1-14-7-9-17(12-18(14)25(27)28)32(29,30)24(13-21(26)23-16-5-3-4-6-16)19-11-15(22)8-10-20(19)31-2/h7-12,16H,3-6,13H2,1-2H3,(H,23,26). The molecule has 11 heteroatoms. The van der Waals surface area contributed by atoms with Crippen molar-refractivity contribution in [1.29, 1.82) is 0 Å². The summed E-state index contributed by atoms with van der Waals surface area (Å²) in [4.78, 5) is 23.2. The number of hydrogen-bond acceptors (Lipinski definition) is 6. The number of nitro groups is 1. The number of benzene rings is 2. The molecule has 172 valence electrons. The number of nitrogens with zero attached hydrogens (tertiary/aromatic N) is 2. The van der Waals surface area contributed by atoms with Gasteiger partial charge in [0.15, 0.2) is 0 Å². The molecule has 2 aromatic carbocycles. The van der Waals surface area contributed by atoms with Gasteiger partial charge in [-0.05, 0) is 44.0 Å².